The molecule has 0 radical (unpaired) electrons. The predicted octanol–water partition coefficient (Wildman–Crippen LogP) is 4.24. The molecule has 0 bridgehead atoms. The molecule has 1 aromatic heterocycles. The smallest absolute Gasteiger partial charge is 0.478 e. The summed E-state index contributed by atoms with van der Waals surface area (Å²) in [6.07, 6.45) is -0.345. The van der Waals surface area contributed by atoms with Crippen molar-refractivity contribution < 1.29 is 27.8 Å². The van der Waals surface area contributed by atoms with Crippen molar-refractivity contribution in [3.05, 3.63) is 59.4 Å². The number of hydrogen-bond donors (Lipinski definition) is 1. The van der Waals surface area contributed by atoms with Crippen LogP contribution in [-0.2, 0) is 0 Å². The Morgan fingerprint density at radius 1 is 1.22 bits per heavy atom. The quantitative estimate of drug-likeness (QED) is 0.914. The molecule has 7 heteroatoms. The summed E-state index contributed by atoms with van der Waals surface area (Å²) >= 11 is 0. The number of allylic oxidation sites excluding steroid dienone is 1. The lowest BCUT2D eigenvalue weighted by atomic mass is 10.0. The van der Waals surface area contributed by atoms with E-state index in [0.717, 1.165) is 0 Å². The largest absolute Gasteiger partial charge is 0.573 e. The molecule has 23 heavy (non-hydrogen) atoms. The van der Waals surface area contributed by atoms with Crippen LogP contribution in [0, 0.1) is 0 Å². The number of nitrogens with zero attached hydrogens (tertiary/aromatic N) is 1. The average molecular weight is 323 g/mol. The van der Waals surface area contributed by atoms with Crippen molar-refractivity contribution in [2.24, 2.45) is 0 Å². The van der Waals surface area contributed by atoms with Crippen LogP contribution >= 0.6 is 0 Å². The Labute approximate surface area is 129 Å². The Kier molecular flexibility index (Phi) is 4.68. The van der Waals surface area contributed by atoms with Gasteiger partial charge >= 0.3 is 12.3 Å². The fourth-order valence-electron chi connectivity index (χ4n) is 1.95. The first-order chi connectivity index (χ1) is 10.8. The highest BCUT2D eigenvalue weighted by Gasteiger charge is 2.30. The summed E-state index contributed by atoms with van der Waals surface area (Å²) in [5.41, 5.74) is 1.82. The first-order valence-electron chi connectivity index (χ1n) is 6.48. The lowest BCUT2D eigenvalue weighted by Gasteiger charge is -2.09. The number of hydrogen-bond acceptors (Lipinski definition) is 3. The third-order valence-corrected chi connectivity index (χ3v) is 3.00. The Hall–Kier alpha value is -2.83. The van der Waals surface area contributed by atoms with E-state index in [9.17, 15) is 18.0 Å². The second-order valence-electron chi connectivity index (χ2n) is 4.67. The fourth-order valence-corrected chi connectivity index (χ4v) is 1.95. The molecule has 0 saturated carbocycles. The number of ether oxygens (including phenoxy) is 1. The number of carboxylic acids is 1. The minimum Gasteiger partial charge on any atom is -0.478 e. The molecule has 0 aliphatic carbocycles. The third kappa shape index (κ3) is 4.57. The van der Waals surface area contributed by atoms with Gasteiger partial charge in [-0.3, -0.25) is 4.98 Å². The number of aromatic carboxylic acids is 1. The van der Waals surface area contributed by atoms with E-state index in [1.54, 1.807) is 13.0 Å². The van der Waals surface area contributed by atoms with Gasteiger partial charge in [0.05, 0.1) is 5.56 Å². The van der Waals surface area contributed by atoms with Gasteiger partial charge in [-0.25, -0.2) is 4.79 Å². The van der Waals surface area contributed by atoms with E-state index in [1.165, 1.54) is 42.7 Å². The van der Waals surface area contributed by atoms with Gasteiger partial charge in [-0.1, -0.05) is 12.1 Å². The molecule has 0 spiro atoms. The van der Waals surface area contributed by atoms with Crippen LogP contribution in [0.15, 0.2) is 42.7 Å². The van der Waals surface area contributed by atoms with Crippen molar-refractivity contribution in [1.82, 2.24) is 4.98 Å². The maximum atomic E-state index is 12.1. The molecule has 0 amide bonds. The van der Waals surface area contributed by atoms with Crippen LogP contribution in [-0.4, -0.2) is 22.4 Å². The van der Waals surface area contributed by atoms with Gasteiger partial charge in [0.2, 0.25) is 0 Å². The summed E-state index contributed by atoms with van der Waals surface area (Å²) in [6, 6.07) is 6.69. The second-order valence-corrected chi connectivity index (χ2v) is 4.67. The molecule has 1 aromatic carbocycles. The van der Waals surface area contributed by atoms with E-state index in [-0.39, 0.29) is 11.3 Å². The van der Waals surface area contributed by atoms with Gasteiger partial charge in [0.1, 0.15) is 5.75 Å². The lowest BCUT2D eigenvalue weighted by Crippen LogP contribution is -2.16. The number of pyridine rings is 1. The average Bonchev–Trinajstić information content (AvgIpc) is 2.46. The van der Waals surface area contributed by atoms with E-state index in [1.807, 2.05) is 0 Å². The molecule has 4 nitrogen and oxygen atoms in total. The van der Waals surface area contributed by atoms with Crippen LogP contribution in [0.25, 0.3) is 11.6 Å². The molecule has 0 saturated heterocycles. The zero-order chi connectivity index (χ0) is 17.0. The summed E-state index contributed by atoms with van der Waals surface area (Å²) in [7, 11) is 0. The number of rotatable bonds is 4. The Morgan fingerprint density at radius 2 is 1.87 bits per heavy atom. The standard InChI is InChI=1S/C16H12F3NO3/c1-10(8-12-9-20-7-6-14(12)15(21)22)11-2-4-13(5-3-11)23-16(17,18)19/h2-9H,1H3,(H,21,22). The maximum absolute atomic E-state index is 12.1. The van der Waals surface area contributed by atoms with Crippen molar-refractivity contribution in [2.45, 2.75) is 13.3 Å². The second kappa shape index (κ2) is 6.51. The predicted molar refractivity (Wildman–Crippen MR) is 77.9 cm³/mol. The minimum absolute atomic E-state index is 0.0939. The van der Waals surface area contributed by atoms with Crippen molar-refractivity contribution in [1.29, 1.82) is 0 Å². The Balaban J connectivity index is 2.27. The molecule has 0 fully saturated rings. The highest BCUT2D eigenvalue weighted by Crippen LogP contribution is 2.25. The minimum atomic E-state index is -4.74. The highest BCUT2D eigenvalue weighted by molar-refractivity contribution is 5.94. The summed E-state index contributed by atoms with van der Waals surface area (Å²) in [4.78, 5) is 15.0. The van der Waals surface area contributed by atoms with E-state index in [4.69, 9.17) is 5.11 Å². The molecule has 2 rings (SSSR count). The zero-order valence-corrected chi connectivity index (χ0v) is 12.0. The van der Waals surface area contributed by atoms with Crippen molar-refractivity contribution >= 4 is 17.6 Å². The topological polar surface area (TPSA) is 59.4 Å². The molecule has 0 aliphatic heterocycles. The number of carbonyl (C=O) groups is 1. The van der Waals surface area contributed by atoms with Gasteiger partial charge in [0, 0.05) is 18.0 Å². The number of benzene rings is 1. The van der Waals surface area contributed by atoms with Crippen molar-refractivity contribution in [3.63, 3.8) is 0 Å². The molecular weight excluding hydrogens is 311 g/mol. The van der Waals surface area contributed by atoms with Crippen LogP contribution in [0.1, 0.15) is 28.4 Å². The van der Waals surface area contributed by atoms with Crippen LogP contribution in [0.3, 0.4) is 0 Å². The number of carboxylic acid groups (broad SMARTS) is 1. The fraction of sp³-hybridized carbons (Fsp3) is 0.125. The first-order valence-corrected chi connectivity index (χ1v) is 6.48. The lowest BCUT2D eigenvalue weighted by molar-refractivity contribution is -0.274. The highest BCUT2D eigenvalue weighted by atomic mass is 19.4. The van der Waals surface area contributed by atoms with Gasteiger partial charge < -0.3 is 9.84 Å². The van der Waals surface area contributed by atoms with Crippen LogP contribution in [0.5, 0.6) is 5.75 Å². The summed E-state index contributed by atoms with van der Waals surface area (Å²) in [6.45, 7) is 1.72. The zero-order valence-electron chi connectivity index (χ0n) is 12.0. The van der Waals surface area contributed by atoms with Gasteiger partial charge in [-0.05, 0) is 42.3 Å². The van der Waals surface area contributed by atoms with Gasteiger partial charge in [-0.15, -0.1) is 13.2 Å². The van der Waals surface area contributed by atoms with Crippen LogP contribution < -0.4 is 4.74 Å². The monoisotopic (exact) mass is 323 g/mol. The van der Waals surface area contributed by atoms with E-state index in [0.29, 0.717) is 16.7 Å². The van der Waals surface area contributed by atoms with E-state index < -0.39 is 12.3 Å². The molecule has 0 atom stereocenters. The SMILES string of the molecule is CC(=Cc1cnccc1C(=O)O)c1ccc(OC(F)(F)F)cc1. The first kappa shape index (κ1) is 16.5. The third-order valence-electron chi connectivity index (χ3n) is 3.00. The summed E-state index contributed by atoms with van der Waals surface area (Å²) in [5.74, 6) is -1.40. The molecule has 2 aromatic rings. The van der Waals surface area contributed by atoms with Gasteiger partial charge in [-0.2, -0.15) is 0 Å². The Bertz CT molecular complexity index is 737. The van der Waals surface area contributed by atoms with Gasteiger partial charge in [0.25, 0.3) is 0 Å². The Morgan fingerprint density at radius 3 is 2.43 bits per heavy atom. The normalized spacial score (nSPS) is 12.1. The van der Waals surface area contributed by atoms with E-state index >= 15 is 0 Å². The number of alkyl halides is 3. The molecule has 1 heterocycles. The van der Waals surface area contributed by atoms with Crippen LogP contribution in [0.2, 0.25) is 0 Å². The number of aromatic nitrogens is 1. The maximum Gasteiger partial charge on any atom is 0.573 e. The molecular formula is C16H12F3NO3. The van der Waals surface area contributed by atoms with E-state index in [2.05, 4.69) is 9.72 Å². The molecule has 1 N–H and O–H groups in total. The molecule has 0 aliphatic rings. The van der Waals surface area contributed by atoms with Crippen LogP contribution in [0.4, 0.5) is 13.2 Å². The summed E-state index contributed by atoms with van der Waals surface area (Å²) in [5, 5.41) is 9.11. The van der Waals surface area contributed by atoms with Crippen molar-refractivity contribution in [3.8, 4) is 5.75 Å². The number of halogens is 3. The van der Waals surface area contributed by atoms with Crippen molar-refractivity contribution in [2.75, 3.05) is 0 Å². The molecule has 120 valence electrons. The summed E-state index contributed by atoms with van der Waals surface area (Å²) < 4.78 is 40.1. The molecule has 0 unspecified atom stereocenters. The van der Waals surface area contributed by atoms with Gasteiger partial charge in [0.15, 0.2) is 0 Å².